The molecule has 0 saturated carbocycles. The number of carbonyl (C=O) groups excluding carboxylic acids is 1. The van der Waals surface area contributed by atoms with Gasteiger partial charge in [0.15, 0.2) is 0 Å². The van der Waals surface area contributed by atoms with Crippen LogP contribution in [0.5, 0.6) is 11.5 Å². The number of aromatic nitrogens is 2. The summed E-state index contributed by atoms with van der Waals surface area (Å²) in [5.41, 5.74) is 4.19. The molecule has 0 unspecified atom stereocenters. The predicted molar refractivity (Wildman–Crippen MR) is 146 cm³/mol. The second-order valence-corrected chi connectivity index (χ2v) is 7.68. The number of nitrogens with one attached hydrogen (secondary N) is 2. The minimum absolute atomic E-state index is 0.231. The highest BCUT2D eigenvalue weighted by atomic mass is 16.5. The molecule has 1 amide bonds. The minimum atomic E-state index is -0.231. The van der Waals surface area contributed by atoms with Gasteiger partial charge in [-0.1, -0.05) is 19.9 Å². The number of nitriles is 1. The molecular weight excluding hydrogens is 462 g/mol. The fourth-order valence-electron chi connectivity index (χ4n) is 3.56. The minimum Gasteiger partial charge on any atom is -0.457 e. The number of ether oxygens (including phenoxy) is 1. The van der Waals surface area contributed by atoms with E-state index in [1.54, 1.807) is 67.1 Å². The lowest BCUT2D eigenvalue weighted by Crippen LogP contribution is -2.11. The molecule has 37 heavy (non-hydrogen) atoms. The SMILES string of the molecule is CC.N#Cc1ccc2nccc(Oc3ccc(C(=O)Nc4cccc(Nc5ccncc5)c4)cc3)c2c1. The Balaban J connectivity index is 0.00000156. The number of fused-ring (bicyclic) bond motifs is 1. The lowest BCUT2D eigenvalue weighted by molar-refractivity contribution is 0.102. The van der Waals surface area contributed by atoms with Crippen LogP contribution in [0, 0.1) is 11.3 Å². The number of hydrogen-bond donors (Lipinski definition) is 2. The van der Waals surface area contributed by atoms with Crippen LogP contribution in [0.1, 0.15) is 29.8 Å². The molecule has 5 rings (SSSR count). The van der Waals surface area contributed by atoms with Crippen molar-refractivity contribution < 1.29 is 9.53 Å². The Kier molecular flexibility index (Phi) is 8.04. The van der Waals surface area contributed by atoms with Crippen molar-refractivity contribution in [2.75, 3.05) is 10.6 Å². The van der Waals surface area contributed by atoms with E-state index in [1.807, 2.05) is 50.2 Å². The van der Waals surface area contributed by atoms with Crippen LogP contribution < -0.4 is 15.4 Å². The molecule has 182 valence electrons. The van der Waals surface area contributed by atoms with Crippen molar-refractivity contribution in [3.8, 4) is 17.6 Å². The zero-order chi connectivity index (χ0) is 26.0. The summed E-state index contributed by atoms with van der Waals surface area (Å²) in [5.74, 6) is 0.924. The van der Waals surface area contributed by atoms with Crippen molar-refractivity contribution in [3.05, 3.63) is 115 Å². The van der Waals surface area contributed by atoms with Crippen LogP contribution in [0.4, 0.5) is 17.1 Å². The van der Waals surface area contributed by atoms with Crippen molar-refractivity contribution in [2.45, 2.75) is 13.8 Å². The lowest BCUT2D eigenvalue weighted by Gasteiger charge is -2.11. The van der Waals surface area contributed by atoms with Gasteiger partial charge in [0.2, 0.25) is 0 Å². The number of anilines is 3. The Bertz CT molecular complexity index is 1540. The Morgan fingerprint density at radius 2 is 1.59 bits per heavy atom. The number of rotatable bonds is 6. The lowest BCUT2D eigenvalue weighted by atomic mass is 10.1. The molecule has 0 saturated heterocycles. The molecule has 0 radical (unpaired) electrons. The second-order valence-electron chi connectivity index (χ2n) is 7.68. The maximum atomic E-state index is 12.8. The molecule has 2 aromatic heterocycles. The summed E-state index contributed by atoms with van der Waals surface area (Å²) < 4.78 is 6.02. The molecule has 3 aromatic carbocycles. The van der Waals surface area contributed by atoms with Gasteiger partial charge in [0, 0.05) is 46.6 Å². The van der Waals surface area contributed by atoms with Crippen molar-refractivity contribution in [3.63, 3.8) is 0 Å². The summed E-state index contributed by atoms with van der Waals surface area (Å²) in [6, 6.07) is 27.2. The van der Waals surface area contributed by atoms with Gasteiger partial charge in [-0.3, -0.25) is 14.8 Å². The molecule has 0 aliphatic rings. The molecule has 0 atom stereocenters. The number of pyridine rings is 2. The number of benzene rings is 3. The van der Waals surface area contributed by atoms with Crippen LogP contribution in [0.3, 0.4) is 0 Å². The molecule has 2 heterocycles. The summed E-state index contributed by atoms with van der Waals surface area (Å²) in [5, 5.41) is 16.1. The van der Waals surface area contributed by atoms with E-state index in [1.165, 1.54) is 0 Å². The summed E-state index contributed by atoms with van der Waals surface area (Å²) in [4.78, 5) is 21.1. The number of nitrogens with zero attached hydrogens (tertiary/aromatic N) is 3. The molecular formula is C30H25N5O2. The van der Waals surface area contributed by atoms with Gasteiger partial charge in [0.1, 0.15) is 11.5 Å². The van der Waals surface area contributed by atoms with Crippen LogP contribution in [0.25, 0.3) is 10.9 Å². The largest absolute Gasteiger partial charge is 0.457 e. The Hall–Kier alpha value is -5.22. The summed E-state index contributed by atoms with van der Waals surface area (Å²) in [6.07, 6.45) is 5.08. The number of hydrogen-bond acceptors (Lipinski definition) is 6. The standard InChI is InChI=1S/C28H19N5O2.C2H6/c29-18-19-4-9-26-25(16-19)27(12-15-31-26)35-24-7-5-20(6-8-24)28(34)33-23-3-1-2-22(17-23)32-21-10-13-30-14-11-21;1-2/h1-17H,(H,30,32)(H,33,34);1-2H3. The van der Waals surface area contributed by atoms with Gasteiger partial charge in [-0.15, -0.1) is 0 Å². The Morgan fingerprint density at radius 1 is 0.838 bits per heavy atom. The molecule has 7 nitrogen and oxygen atoms in total. The second kappa shape index (κ2) is 12.0. The van der Waals surface area contributed by atoms with Crippen molar-refractivity contribution in [1.82, 2.24) is 9.97 Å². The first kappa shape index (κ1) is 24.9. The van der Waals surface area contributed by atoms with Gasteiger partial charge in [0.25, 0.3) is 5.91 Å². The fourth-order valence-corrected chi connectivity index (χ4v) is 3.56. The molecule has 0 aliphatic heterocycles. The quantitative estimate of drug-likeness (QED) is 0.260. The topological polar surface area (TPSA) is 99.9 Å². The van der Waals surface area contributed by atoms with Crippen LogP contribution in [0.2, 0.25) is 0 Å². The fraction of sp³-hybridized carbons (Fsp3) is 0.0667. The third-order valence-electron chi connectivity index (χ3n) is 5.26. The zero-order valence-electron chi connectivity index (χ0n) is 20.5. The normalized spacial score (nSPS) is 9.97. The third kappa shape index (κ3) is 6.27. The maximum Gasteiger partial charge on any atom is 0.255 e. The molecule has 0 fully saturated rings. The van der Waals surface area contributed by atoms with E-state index < -0.39 is 0 Å². The van der Waals surface area contributed by atoms with E-state index in [9.17, 15) is 10.1 Å². The highest BCUT2D eigenvalue weighted by Gasteiger charge is 2.09. The monoisotopic (exact) mass is 487 g/mol. The van der Waals surface area contributed by atoms with Crippen LogP contribution in [-0.2, 0) is 0 Å². The average molecular weight is 488 g/mol. The Morgan fingerprint density at radius 3 is 2.35 bits per heavy atom. The van der Waals surface area contributed by atoms with E-state index in [0.717, 1.165) is 22.3 Å². The smallest absolute Gasteiger partial charge is 0.255 e. The highest BCUT2D eigenvalue weighted by Crippen LogP contribution is 2.30. The molecule has 0 spiro atoms. The maximum absolute atomic E-state index is 12.8. The van der Waals surface area contributed by atoms with Crippen LogP contribution in [-0.4, -0.2) is 15.9 Å². The van der Waals surface area contributed by atoms with Gasteiger partial charge in [0.05, 0.1) is 17.1 Å². The van der Waals surface area contributed by atoms with E-state index in [0.29, 0.717) is 28.3 Å². The summed E-state index contributed by atoms with van der Waals surface area (Å²) >= 11 is 0. The molecule has 7 heteroatoms. The van der Waals surface area contributed by atoms with E-state index in [-0.39, 0.29) is 5.91 Å². The summed E-state index contributed by atoms with van der Waals surface area (Å²) in [6.45, 7) is 4.00. The van der Waals surface area contributed by atoms with Crippen molar-refractivity contribution >= 4 is 33.9 Å². The number of carbonyl (C=O) groups is 1. The van der Waals surface area contributed by atoms with Crippen molar-refractivity contribution in [1.29, 1.82) is 5.26 Å². The third-order valence-corrected chi connectivity index (χ3v) is 5.26. The first-order valence-corrected chi connectivity index (χ1v) is 11.8. The first-order chi connectivity index (χ1) is 18.2. The Labute approximate surface area is 215 Å². The molecule has 0 aliphatic carbocycles. The first-order valence-electron chi connectivity index (χ1n) is 11.8. The van der Waals surface area contributed by atoms with Crippen molar-refractivity contribution in [2.24, 2.45) is 0 Å². The van der Waals surface area contributed by atoms with Crippen LogP contribution >= 0.6 is 0 Å². The van der Waals surface area contributed by atoms with E-state index >= 15 is 0 Å². The molecule has 5 aromatic rings. The van der Waals surface area contributed by atoms with Gasteiger partial charge in [-0.25, -0.2) is 0 Å². The summed E-state index contributed by atoms with van der Waals surface area (Å²) in [7, 11) is 0. The van der Waals surface area contributed by atoms with Crippen LogP contribution in [0.15, 0.2) is 104 Å². The van der Waals surface area contributed by atoms with E-state index in [4.69, 9.17) is 4.74 Å². The average Bonchev–Trinajstić information content (AvgIpc) is 2.95. The highest BCUT2D eigenvalue weighted by molar-refractivity contribution is 6.04. The van der Waals surface area contributed by atoms with Gasteiger partial charge >= 0.3 is 0 Å². The molecule has 0 bridgehead atoms. The number of amides is 1. The van der Waals surface area contributed by atoms with Gasteiger partial charge in [-0.05, 0) is 78.9 Å². The van der Waals surface area contributed by atoms with Gasteiger partial charge in [-0.2, -0.15) is 5.26 Å². The predicted octanol–water partition coefficient (Wildman–Crippen LogP) is 7.32. The van der Waals surface area contributed by atoms with E-state index in [2.05, 4.69) is 26.7 Å². The molecule has 2 N–H and O–H groups in total. The van der Waals surface area contributed by atoms with Gasteiger partial charge < -0.3 is 15.4 Å². The zero-order valence-corrected chi connectivity index (χ0v) is 20.5.